The van der Waals surface area contributed by atoms with E-state index in [1.54, 1.807) is 0 Å². The van der Waals surface area contributed by atoms with Crippen molar-refractivity contribution >= 4 is 5.91 Å². The number of alkyl halides is 2. The summed E-state index contributed by atoms with van der Waals surface area (Å²) in [6, 6.07) is 7.37. The average molecular weight is 351 g/mol. The molecule has 25 heavy (non-hydrogen) atoms. The van der Waals surface area contributed by atoms with Gasteiger partial charge in [0.2, 0.25) is 5.91 Å². The lowest BCUT2D eigenvalue weighted by Gasteiger charge is -2.30. The van der Waals surface area contributed by atoms with Crippen molar-refractivity contribution in [1.29, 1.82) is 0 Å². The van der Waals surface area contributed by atoms with Crippen LogP contribution in [0.4, 0.5) is 8.78 Å². The molecule has 1 unspecified atom stereocenters. The van der Waals surface area contributed by atoms with Crippen LogP contribution in [-0.4, -0.2) is 42.4 Å². The molecule has 2 saturated heterocycles. The lowest BCUT2D eigenvalue weighted by molar-refractivity contribution is -0.123. The number of amides is 1. The number of hydrogen-bond acceptors (Lipinski definition) is 3. The quantitative estimate of drug-likeness (QED) is 0.857. The highest BCUT2D eigenvalue weighted by molar-refractivity contribution is 5.82. The molecular formula is C19H27F2N3O. The average Bonchev–Trinajstić information content (AvgIpc) is 2.96. The van der Waals surface area contributed by atoms with Gasteiger partial charge in [-0.05, 0) is 43.0 Å². The molecular weight excluding hydrogens is 324 g/mol. The van der Waals surface area contributed by atoms with Crippen LogP contribution in [0, 0.1) is 5.92 Å². The molecule has 2 fully saturated rings. The largest absolute Gasteiger partial charge is 0.351 e. The molecule has 3 rings (SSSR count). The van der Waals surface area contributed by atoms with Crippen LogP contribution in [0.3, 0.4) is 0 Å². The first-order valence-corrected chi connectivity index (χ1v) is 9.10. The zero-order chi connectivity index (χ0) is 17.9. The van der Waals surface area contributed by atoms with Gasteiger partial charge >= 0.3 is 0 Å². The van der Waals surface area contributed by atoms with Crippen molar-refractivity contribution in [2.45, 2.75) is 51.2 Å². The van der Waals surface area contributed by atoms with Gasteiger partial charge in [0.15, 0.2) is 0 Å². The van der Waals surface area contributed by atoms with E-state index in [-0.39, 0.29) is 5.91 Å². The second kappa shape index (κ2) is 7.79. The number of carbonyl (C=O) groups excluding carboxylic acids is 1. The van der Waals surface area contributed by atoms with Gasteiger partial charge in [0, 0.05) is 19.5 Å². The number of halogens is 2. The monoisotopic (exact) mass is 351 g/mol. The fraction of sp³-hybridized carbons (Fsp3) is 0.632. The summed E-state index contributed by atoms with van der Waals surface area (Å²) in [5, 5.41) is 5.31. The lowest BCUT2D eigenvalue weighted by atomic mass is 9.99. The molecule has 2 heterocycles. The summed E-state index contributed by atoms with van der Waals surface area (Å²) in [6.07, 6.45) is 2.10. The first-order chi connectivity index (χ1) is 11.9. The van der Waals surface area contributed by atoms with Crippen molar-refractivity contribution in [3.63, 3.8) is 0 Å². The molecule has 138 valence electrons. The Labute approximate surface area is 148 Å². The van der Waals surface area contributed by atoms with Gasteiger partial charge in [0.1, 0.15) is 0 Å². The predicted molar refractivity (Wildman–Crippen MR) is 93.3 cm³/mol. The van der Waals surface area contributed by atoms with E-state index in [4.69, 9.17) is 0 Å². The number of hydrogen-bond donors (Lipinski definition) is 2. The predicted octanol–water partition coefficient (Wildman–Crippen LogP) is 2.53. The first-order valence-electron chi connectivity index (χ1n) is 9.10. The molecule has 6 heteroatoms. The maximum absolute atomic E-state index is 13.1. The highest BCUT2D eigenvalue weighted by Crippen LogP contribution is 2.25. The summed E-state index contributed by atoms with van der Waals surface area (Å²) in [4.78, 5) is 14.4. The van der Waals surface area contributed by atoms with Crippen molar-refractivity contribution in [2.75, 3.05) is 19.6 Å². The third-order valence-electron chi connectivity index (χ3n) is 5.20. The number of benzene rings is 1. The van der Waals surface area contributed by atoms with E-state index in [9.17, 15) is 13.6 Å². The van der Waals surface area contributed by atoms with E-state index in [1.165, 1.54) is 18.4 Å². The van der Waals surface area contributed by atoms with Gasteiger partial charge in [-0.3, -0.25) is 15.0 Å². The van der Waals surface area contributed by atoms with Gasteiger partial charge < -0.3 is 5.32 Å². The summed E-state index contributed by atoms with van der Waals surface area (Å²) >= 11 is 0. The third kappa shape index (κ3) is 5.22. The summed E-state index contributed by atoms with van der Waals surface area (Å²) in [7, 11) is 0. The van der Waals surface area contributed by atoms with E-state index < -0.39 is 24.9 Å². The zero-order valence-electron chi connectivity index (χ0n) is 14.7. The Balaban J connectivity index is 1.44. The van der Waals surface area contributed by atoms with Gasteiger partial charge in [-0.2, -0.15) is 0 Å². The number of carbonyl (C=O) groups is 1. The number of likely N-dealkylation sites (tertiary alicyclic amines) is 1. The molecule has 1 aromatic rings. The fourth-order valence-electron chi connectivity index (χ4n) is 3.45. The van der Waals surface area contributed by atoms with Crippen molar-refractivity contribution < 1.29 is 13.6 Å². The van der Waals surface area contributed by atoms with Crippen LogP contribution in [0.1, 0.15) is 37.3 Å². The van der Waals surface area contributed by atoms with Crippen molar-refractivity contribution in [3.05, 3.63) is 35.4 Å². The van der Waals surface area contributed by atoms with Gasteiger partial charge in [0.25, 0.3) is 5.92 Å². The molecule has 2 aliphatic heterocycles. The molecule has 1 amide bonds. The van der Waals surface area contributed by atoms with Crippen LogP contribution >= 0.6 is 0 Å². The molecule has 2 N–H and O–H groups in total. The SMILES string of the molecule is CC1CCN(Cc2ccc(CNC(=O)C3CC(F)(F)CN3)cc2)CC1. The normalized spacial score (nSPS) is 24.4. The second-order valence-corrected chi connectivity index (χ2v) is 7.49. The minimum absolute atomic E-state index is 0.358. The Morgan fingerprint density at radius 3 is 2.48 bits per heavy atom. The summed E-state index contributed by atoms with van der Waals surface area (Å²) in [5.74, 6) is -2.31. The smallest absolute Gasteiger partial charge is 0.262 e. The lowest BCUT2D eigenvalue weighted by Crippen LogP contribution is -2.40. The Hall–Kier alpha value is -1.53. The molecule has 0 spiro atoms. The topological polar surface area (TPSA) is 44.4 Å². The van der Waals surface area contributed by atoms with Gasteiger partial charge in [-0.1, -0.05) is 31.2 Å². The number of nitrogens with zero attached hydrogens (tertiary/aromatic N) is 1. The van der Waals surface area contributed by atoms with Gasteiger partial charge in [0.05, 0.1) is 12.6 Å². The van der Waals surface area contributed by atoms with Crippen LogP contribution < -0.4 is 10.6 Å². The van der Waals surface area contributed by atoms with Crippen LogP contribution in [-0.2, 0) is 17.9 Å². The maximum Gasteiger partial charge on any atom is 0.262 e. The first kappa shape index (κ1) is 18.3. The zero-order valence-corrected chi connectivity index (χ0v) is 14.7. The van der Waals surface area contributed by atoms with Crippen molar-refractivity contribution in [3.8, 4) is 0 Å². The summed E-state index contributed by atoms with van der Waals surface area (Å²) in [6.45, 7) is 5.51. The number of piperidine rings is 1. The van der Waals surface area contributed by atoms with Crippen LogP contribution in [0.25, 0.3) is 0 Å². The Bertz CT molecular complexity index is 583. The van der Waals surface area contributed by atoms with Crippen molar-refractivity contribution in [1.82, 2.24) is 15.5 Å². The molecule has 2 aliphatic rings. The highest BCUT2D eigenvalue weighted by Gasteiger charge is 2.42. The standard InChI is InChI=1S/C19H27F2N3O/c1-14-6-8-24(9-7-14)12-16-4-2-15(3-5-16)11-22-18(25)17-10-19(20,21)13-23-17/h2-5,14,17,23H,6-13H2,1H3,(H,22,25). The summed E-state index contributed by atoms with van der Waals surface area (Å²) in [5.41, 5.74) is 2.25. The Kier molecular flexibility index (Phi) is 5.69. The molecule has 4 nitrogen and oxygen atoms in total. The molecule has 0 radical (unpaired) electrons. The number of nitrogens with one attached hydrogen (secondary N) is 2. The van der Waals surface area contributed by atoms with E-state index in [1.807, 2.05) is 12.1 Å². The van der Waals surface area contributed by atoms with Crippen LogP contribution in [0.5, 0.6) is 0 Å². The van der Waals surface area contributed by atoms with Gasteiger partial charge in [-0.25, -0.2) is 8.78 Å². The van der Waals surface area contributed by atoms with Crippen LogP contribution in [0.2, 0.25) is 0 Å². The highest BCUT2D eigenvalue weighted by atomic mass is 19.3. The second-order valence-electron chi connectivity index (χ2n) is 7.49. The molecule has 0 aromatic heterocycles. The summed E-state index contributed by atoms with van der Waals surface area (Å²) < 4.78 is 26.3. The molecule has 0 aliphatic carbocycles. The van der Waals surface area contributed by atoms with Gasteiger partial charge in [-0.15, -0.1) is 0 Å². The number of rotatable bonds is 5. The molecule has 0 saturated carbocycles. The van der Waals surface area contributed by atoms with E-state index in [0.717, 1.165) is 31.1 Å². The van der Waals surface area contributed by atoms with E-state index in [0.29, 0.717) is 6.54 Å². The third-order valence-corrected chi connectivity index (χ3v) is 5.20. The van der Waals surface area contributed by atoms with Crippen molar-refractivity contribution in [2.24, 2.45) is 5.92 Å². The van der Waals surface area contributed by atoms with E-state index >= 15 is 0 Å². The van der Waals surface area contributed by atoms with E-state index in [2.05, 4.69) is 34.6 Å². The fourth-order valence-corrected chi connectivity index (χ4v) is 3.45. The Morgan fingerprint density at radius 1 is 1.24 bits per heavy atom. The van der Waals surface area contributed by atoms with Crippen LogP contribution in [0.15, 0.2) is 24.3 Å². The molecule has 1 atom stereocenters. The minimum atomic E-state index is -2.78. The molecule has 0 bridgehead atoms. The minimum Gasteiger partial charge on any atom is -0.351 e. The Morgan fingerprint density at radius 2 is 1.88 bits per heavy atom. The maximum atomic E-state index is 13.1. The molecule has 1 aromatic carbocycles.